The Hall–Kier alpha value is -2.74. The Balaban J connectivity index is 1.65. The third kappa shape index (κ3) is 3.91. The molecule has 0 fully saturated rings. The highest BCUT2D eigenvalue weighted by molar-refractivity contribution is 6.32. The SMILES string of the molecule is Cc1nn(CC(C)C)c(Cl)c1/C=N\NC(=O)Cn1nnc2ccccc21. The Bertz CT molecular complexity index is 957. The lowest BCUT2D eigenvalue weighted by molar-refractivity contribution is -0.121. The van der Waals surface area contributed by atoms with Crippen LogP contribution in [-0.2, 0) is 17.9 Å². The summed E-state index contributed by atoms with van der Waals surface area (Å²) in [5.74, 6) is 0.119. The number of halogens is 1. The summed E-state index contributed by atoms with van der Waals surface area (Å²) in [6.07, 6.45) is 1.51. The number of rotatable bonds is 6. The van der Waals surface area contributed by atoms with E-state index in [1.807, 2.05) is 31.2 Å². The molecule has 26 heavy (non-hydrogen) atoms. The maximum atomic E-state index is 12.1. The van der Waals surface area contributed by atoms with Gasteiger partial charge in [0.2, 0.25) is 0 Å². The molecule has 0 unspecified atom stereocenters. The number of nitrogens with zero attached hydrogens (tertiary/aromatic N) is 6. The van der Waals surface area contributed by atoms with Crippen LogP contribution in [0.5, 0.6) is 0 Å². The number of carbonyl (C=O) groups is 1. The second-order valence-corrected chi connectivity index (χ2v) is 6.75. The second kappa shape index (κ2) is 7.65. The molecule has 0 radical (unpaired) electrons. The zero-order valence-electron chi connectivity index (χ0n) is 14.8. The first-order valence-corrected chi connectivity index (χ1v) is 8.66. The third-order valence-electron chi connectivity index (χ3n) is 3.74. The summed E-state index contributed by atoms with van der Waals surface area (Å²) in [6.45, 7) is 6.79. The monoisotopic (exact) mass is 373 g/mol. The molecular formula is C17H20ClN7O. The molecule has 136 valence electrons. The van der Waals surface area contributed by atoms with Gasteiger partial charge in [0.05, 0.1) is 23.0 Å². The van der Waals surface area contributed by atoms with Crippen molar-refractivity contribution in [2.24, 2.45) is 11.0 Å². The fourth-order valence-corrected chi connectivity index (χ4v) is 2.85. The van der Waals surface area contributed by atoms with Crippen LogP contribution in [0.25, 0.3) is 11.0 Å². The van der Waals surface area contributed by atoms with E-state index >= 15 is 0 Å². The smallest absolute Gasteiger partial charge is 0.261 e. The van der Waals surface area contributed by atoms with Crippen LogP contribution in [0.1, 0.15) is 25.1 Å². The average Bonchev–Trinajstić information content (AvgIpc) is 3.10. The van der Waals surface area contributed by atoms with Crippen LogP contribution in [0.15, 0.2) is 29.4 Å². The summed E-state index contributed by atoms with van der Waals surface area (Å²) in [4.78, 5) is 12.1. The molecule has 1 aromatic carbocycles. The highest BCUT2D eigenvalue weighted by Crippen LogP contribution is 2.19. The lowest BCUT2D eigenvalue weighted by Gasteiger charge is -2.05. The van der Waals surface area contributed by atoms with Crippen molar-refractivity contribution >= 4 is 34.8 Å². The van der Waals surface area contributed by atoms with Crippen LogP contribution in [0.2, 0.25) is 5.15 Å². The lowest BCUT2D eigenvalue weighted by atomic mass is 10.2. The van der Waals surface area contributed by atoms with Gasteiger partial charge < -0.3 is 0 Å². The Morgan fingerprint density at radius 2 is 2.12 bits per heavy atom. The standard InChI is InChI=1S/C17H20ClN7O/c1-11(2)9-25-17(18)13(12(3)22-25)8-19-21-16(26)10-24-15-7-5-4-6-14(15)20-23-24/h4-8,11H,9-10H2,1-3H3,(H,21,26)/b19-8-. The fraction of sp³-hybridized carbons (Fsp3) is 0.353. The summed E-state index contributed by atoms with van der Waals surface area (Å²) < 4.78 is 3.27. The van der Waals surface area contributed by atoms with Gasteiger partial charge in [-0.05, 0) is 25.0 Å². The summed E-state index contributed by atoms with van der Waals surface area (Å²) in [5.41, 5.74) is 5.47. The predicted octanol–water partition coefficient (Wildman–Crippen LogP) is 2.40. The van der Waals surface area contributed by atoms with Crippen molar-refractivity contribution in [3.63, 3.8) is 0 Å². The number of benzene rings is 1. The minimum Gasteiger partial charge on any atom is -0.271 e. The Labute approximate surface area is 155 Å². The van der Waals surface area contributed by atoms with Gasteiger partial charge >= 0.3 is 0 Å². The molecular weight excluding hydrogens is 354 g/mol. The van der Waals surface area contributed by atoms with Gasteiger partial charge in [0, 0.05) is 6.54 Å². The van der Waals surface area contributed by atoms with Crippen LogP contribution in [0.3, 0.4) is 0 Å². The Kier molecular flexibility index (Phi) is 5.32. The van der Waals surface area contributed by atoms with E-state index in [1.54, 1.807) is 4.68 Å². The Morgan fingerprint density at radius 1 is 1.35 bits per heavy atom. The molecule has 0 aliphatic heterocycles. The van der Waals surface area contributed by atoms with E-state index in [4.69, 9.17) is 11.6 Å². The maximum Gasteiger partial charge on any atom is 0.261 e. The van der Waals surface area contributed by atoms with Crippen molar-refractivity contribution in [3.8, 4) is 0 Å². The molecule has 8 nitrogen and oxygen atoms in total. The molecule has 2 aromatic heterocycles. The zero-order valence-corrected chi connectivity index (χ0v) is 15.6. The van der Waals surface area contributed by atoms with E-state index in [2.05, 4.69) is 39.8 Å². The lowest BCUT2D eigenvalue weighted by Crippen LogP contribution is -2.23. The number of amides is 1. The van der Waals surface area contributed by atoms with Gasteiger partial charge in [-0.1, -0.05) is 42.8 Å². The van der Waals surface area contributed by atoms with Crippen molar-refractivity contribution in [1.82, 2.24) is 30.2 Å². The molecule has 0 aliphatic rings. The quantitative estimate of drug-likeness (QED) is 0.530. The molecule has 0 atom stereocenters. The molecule has 1 amide bonds. The molecule has 9 heteroatoms. The van der Waals surface area contributed by atoms with Gasteiger partial charge in [0.1, 0.15) is 17.2 Å². The van der Waals surface area contributed by atoms with E-state index in [0.29, 0.717) is 16.6 Å². The molecule has 0 bridgehead atoms. The minimum atomic E-state index is -0.305. The van der Waals surface area contributed by atoms with E-state index in [9.17, 15) is 4.79 Å². The topological polar surface area (TPSA) is 90.0 Å². The summed E-state index contributed by atoms with van der Waals surface area (Å²) in [6, 6.07) is 7.45. The number of nitrogens with one attached hydrogen (secondary N) is 1. The molecule has 0 saturated heterocycles. The molecule has 0 saturated carbocycles. The highest BCUT2D eigenvalue weighted by Gasteiger charge is 2.13. The highest BCUT2D eigenvalue weighted by atomic mass is 35.5. The fourth-order valence-electron chi connectivity index (χ4n) is 2.56. The van der Waals surface area contributed by atoms with Gasteiger partial charge in [-0.15, -0.1) is 5.10 Å². The van der Waals surface area contributed by atoms with Gasteiger partial charge in [0.25, 0.3) is 5.91 Å². The maximum absolute atomic E-state index is 12.1. The zero-order chi connectivity index (χ0) is 18.7. The first kappa shape index (κ1) is 18.1. The van der Waals surface area contributed by atoms with Crippen LogP contribution < -0.4 is 5.43 Å². The molecule has 3 rings (SSSR count). The molecule has 2 heterocycles. The summed E-state index contributed by atoms with van der Waals surface area (Å²) >= 11 is 6.34. The van der Waals surface area contributed by atoms with Crippen molar-refractivity contribution in [2.45, 2.75) is 33.9 Å². The normalized spacial score (nSPS) is 11.7. The summed E-state index contributed by atoms with van der Waals surface area (Å²) in [7, 11) is 0. The van der Waals surface area contributed by atoms with E-state index in [1.165, 1.54) is 10.9 Å². The number of carbonyl (C=O) groups excluding carboxylic acids is 1. The average molecular weight is 374 g/mol. The van der Waals surface area contributed by atoms with Crippen molar-refractivity contribution in [3.05, 3.63) is 40.7 Å². The number of hydrazone groups is 1. The van der Waals surface area contributed by atoms with E-state index in [-0.39, 0.29) is 12.5 Å². The summed E-state index contributed by atoms with van der Waals surface area (Å²) in [5, 5.41) is 16.9. The van der Waals surface area contributed by atoms with Gasteiger partial charge in [-0.2, -0.15) is 10.2 Å². The molecule has 3 aromatic rings. The number of aryl methyl sites for hydroxylation is 1. The van der Waals surface area contributed by atoms with Crippen molar-refractivity contribution in [2.75, 3.05) is 0 Å². The first-order valence-electron chi connectivity index (χ1n) is 8.28. The second-order valence-electron chi connectivity index (χ2n) is 6.39. The predicted molar refractivity (Wildman–Crippen MR) is 100 cm³/mol. The minimum absolute atomic E-state index is 0.0250. The van der Waals surface area contributed by atoms with E-state index in [0.717, 1.165) is 23.3 Å². The largest absolute Gasteiger partial charge is 0.271 e. The Morgan fingerprint density at radius 3 is 2.88 bits per heavy atom. The molecule has 0 spiro atoms. The number of hydrogen-bond acceptors (Lipinski definition) is 5. The number of para-hydroxylation sites is 1. The van der Waals surface area contributed by atoms with Gasteiger partial charge in [0.15, 0.2) is 0 Å². The number of aromatic nitrogens is 5. The molecule has 0 aliphatic carbocycles. The van der Waals surface area contributed by atoms with Gasteiger partial charge in [-0.25, -0.2) is 10.1 Å². The van der Waals surface area contributed by atoms with Crippen LogP contribution >= 0.6 is 11.6 Å². The van der Waals surface area contributed by atoms with Crippen LogP contribution in [0.4, 0.5) is 0 Å². The van der Waals surface area contributed by atoms with Crippen molar-refractivity contribution < 1.29 is 4.79 Å². The van der Waals surface area contributed by atoms with Crippen LogP contribution in [0, 0.1) is 12.8 Å². The number of fused-ring (bicyclic) bond motifs is 1. The molecule has 1 N–H and O–H groups in total. The first-order chi connectivity index (χ1) is 12.5. The van der Waals surface area contributed by atoms with Crippen molar-refractivity contribution in [1.29, 1.82) is 0 Å². The van der Waals surface area contributed by atoms with Crippen LogP contribution in [-0.4, -0.2) is 36.9 Å². The number of hydrogen-bond donors (Lipinski definition) is 1. The van der Waals surface area contributed by atoms with E-state index < -0.39 is 0 Å². The third-order valence-corrected chi connectivity index (χ3v) is 4.14. The van der Waals surface area contributed by atoms with Gasteiger partial charge in [-0.3, -0.25) is 9.48 Å².